The van der Waals surface area contributed by atoms with Crippen molar-refractivity contribution in [2.75, 3.05) is 13.7 Å². The summed E-state index contributed by atoms with van der Waals surface area (Å²) in [5.41, 5.74) is 1.25. The van der Waals surface area contributed by atoms with Crippen LogP contribution in [-0.4, -0.2) is 28.5 Å². The van der Waals surface area contributed by atoms with Crippen molar-refractivity contribution in [1.82, 2.24) is 14.8 Å². The monoisotopic (exact) mass is 323 g/mol. The molecule has 19 heavy (non-hydrogen) atoms. The Morgan fingerprint density at radius 1 is 1.26 bits per heavy atom. The Kier molecular flexibility index (Phi) is 5.10. The third-order valence-corrected chi connectivity index (χ3v) is 3.68. The first-order valence-electron chi connectivity index (χ1n) is 6.29. The number of aromatic nitrogens is 3. The van der Waals surface area contributed by atoms with Crippen molar-refractivity contribution in [3.63, 3.8) is 0 Å². The van der Waals surface area contributed by atoms with E-state index in [4.69, 9.17) is 4.74 Å². The predicted octanol–water partition coefficient (Wildman–Crippen LogP) is 2.97. The minimum Gasteiger partial charge on any atom is -0.383 e. The zero-order valence-electron chi connectivity index (χ0n) is 11.2. The van der Waals surface area contributed by atoms with Gasteiger partial charge in [-0.15, -0.1) is 10.2 Å². The Hall–Kier alpha value is -1.20. The molecule has 0 N–H and O–H groups in total. The van der Waals surface area contributed by atoms with Crippen LogP contribution in [0.25, 0.3) is 0 Å². The maximum atomic E-state index is 5.16. The van der Waals surface area contributed by atoms with Gasteiger partial charge in [-0.3, -0.25) is 0 Å². The number of hydrogen-bond acceptors (Lipinski definition) is 3. The number of rotatable bonds is 6. The van der Waals surface area contributed by atoms with E-state index >= 15 is 0 Å². The lowest BCUT2D eigenvalue weighted by atomic mass is 10.0. The summed E-state index contributed by atoms with van der Waals surface area (Å²) in [6, 6.07) is 10.4. The van der Waals surface area contributed by atoms with Crippen LogP contribution in [0.2, 0.25) is 0 Å². The van der Waals surface area contributed by atoms with Gasteiger partial charge in [-0.1, -0.05) is 53.2 Å². The molecule has 0 spiro atoms. The molecule has 5 heteroatoms. The molecule has 0 saturated heterocycles. The molecule has 0 aliphatic carbocycles. The van der Waals surface area contributed by atoms with Gasteiger partial charge in [-0.25, -0.2) is 0 Å². The van der Waals surface area contributed by atoms with Crippen LogP contribution in [0.15, 0.2) is 30.3 Å². The van der Waals surface area contributed by atoms with Gasteiger partial charge >= 0.3 is 0 Å². The van der Waals surface area contributed by atoms with E-state index in [1.165, 1.54) is 5.56 Å². The highest BCUT2D eigenvalue weighted by Crippen LogP contribution is 2.23. The van der Waals surface area contributed by atoms with Gasteiger partial charge in [0.1, 0.15) is 11.6 Å². The van der Waals surface area contributed by atoms with Gasteiger partial charge in [0.2, 0.25) is 0 Å². The fourth-order valence-electron chi connectivity index (χ4n) is 2.09. The summed E-state index contributed by atoms with van der Waals surface area (Å²) in [5.74, 6) is 2.14. The van der Waals surface area contributed by atoms with Gasteiger partial charge in [0, 0.05) is 19.6 Å². The SMILES string of the molecule is COCCn1c(CBr)nnc1C(C)c1ccccc1. The molecule has 0 fully saturated rings. The molecule has 102 valence electrons. The number of ether oxygens (including phenoxy) is 1. The number of halogens is 1. The first-order valence-corrected chi connectivity index (χ1v) is 7.42. The zero-order chi connectivity index (χ0) is 13.7. The second-order valence-corrected chi connectivity index (χ2v) is 4.95. The van der Waals surface area contributed by atoms with Crippen molar-refractivity contribution in [2.45, 2.75) is 24.7 Å². The van der Waals surface area contributed by atoms with Crippen LogP contribution in [-0.2, 0) is 16.6 Å². The van der Waals surface area contributed by atoms with E-state index in [1.54, 1.807) is 7.11 Å². The van der Waals surface area contributed by atoms with Crippen molar-refractivity contribution >= 4 is 15.9 Å². The molecule has 2 aromatic rings. The third kappa shape index (κ3) is 3.22. The fourth-order valence-corrected chi connectivity index (χ4v) is 2.50. The lowest BCUT2D eigenvalue weighted by Gasteiger charge is -2.14. The topological polar surface area (TPSA) is 39.9 Å². The fraction of sp³-hybridized carbons (Fsp3) is 0.429. The van der Waals surface area contributed by atoms with Crippen molar-refractivity contribution in [3.05, 3.63) is 47.5 Å². The molecule has 0 amide bonds. The molecular weight excluding hydrogens is 306 g/mol. The summed E-state index contributed by atoms with van der Waals surface area (Å²) in [6.07, 6.45) is 0. The number of benzene rings is 1. The third-order valence-electron chi connectivity index (χ3n) is 3.18. The molecule has 4 nitrogen and oxygen atoms in total. The van der Waals surface area contributed by atoms with Crippen LogP contribution in [0, 0.1) is 0 Å². The summed E-state index contributed by atoms with van der Waals surface area (Å²) in [6.45, 7) is 3.59. The summed E-state index contributed by atoms with van der Waals surface area (Å²) in [4.78, 5) is 0. The molecule has 2 rings (SSSR count). The lowest BCUT2D eigenvalue weighted by Crippen LogP contribution is -2.13. The summed E-state index contributed by atoms with van der Waals surface area (Å²) < 4.78 is 7.30. The molecule has 0 aliphatic rings. The molecule has 1 aromatic heterocycles. The van der Waals surface area contributed by atoms with Gasteiger partial charge in [-0.2, -0.15) is 0 Å². The standard InChI is InChI=1S/C14H18BrN3O/c1-11(12-6-4-3-5-7-12)14-17-16-13(10-15)18(14)8-9-19-2/h3-7,11H,8-10H2,1-2H3. The Labute approximate surface area is 121 Å². The molecular formula is C14H18BrN3O. The molecule has 1 atom stereocenters. The number of hydrogen-bond donors (Lipinski definition) is 0. The van der Waals surface area contributed by atoms with Gasteiger partial charge in [0.15, 0.2) is 0 Å². The van der Waals surface area contributed by atoms with E-state index in [1.807, 2.05) is 18.2 Å². The second kappa shape index (κ2) is 6.82. The highest BCUT2D eigenvalue weighted by molar-refractivity contribution is 9.08. The Balaban J connectivity index is 2.31. The lowest BCUT2D eigenvalue weighted by molar-refractivity contribution is 0.185. The minimum absolute atomic E-state index is 0.221. The van der Waals surface area contributed by atoms with Crippen LogP contribution in [0.3, 0.4) is 0 Å². The van der Waals surface area contributed by atoms with E-state index in [-0.39, 0.29) is 5.92 Å². The smallest absolute Gasteiger partial charge is 0.143 e. The zero-order valence-corrected chi connectivity index (χ0v) is 12.8. The first kappa shape index (κ1) is 14.2. The average Bonchev–Trinajstić information content (AvgIpc) is 2.88. The van der Waals surface area contributed by atoms with Crippen molar-refractivity contribution in [1.29, 1.82) is 0 Å². The maximum Gasteiger partial charge on any atom is 0.143 e. The molecule has 1 heterocycles. The van der Waals surface area contributed by atoms with Gasteiger partial charge in [-0.05, 0) is 5.56 Å². The van der Waals surface area contributed by atoms with Crippen LogP contribution in [0.5, 0.6) is 0 Å². The van der Waals surface area contributed by atoms with Crippen LogP contribution in [0.1, 0.15) is 30.1 Å². The highest BCUT2D eigenvalue weighted by Gasteiger charge is 2.18. The van der Waals surface area contributed by atoms with Crippen LogP contribution in [0.4, 0.5) is 0 Å². The van der Waals surface area contributed by atoms with Gasteiger partial charge < -0.3 is 9.30 Å². The molecule has 1 unspecified atom stereocenters. The van der Waals surface area contributed by atoms with Gasteiger partial charge in [0.25, 0.3) is 0 Å². The van der Waals surface area contributed by atoms with Crippen LogP contribution >= 0.6 is 15.9 Å². The molecule has 1 aromatic carbocycles. The van der Waals surface area contributed by atoms with E-state index in [2.05, 4.69) is 49.8 Å². The van der Waals surface area contributed by atoms with E-state index in [0.717, 1.165) is 18.2 Å². The van der Waals surface area contributed by atoms with Crippen molar-refractivity contribution in [3.8, 4) is 0 Å². The minimum atomic E-state index is 0.221. The van der Waals surface area contributed by atoms with Gasteiger partial charge in [0.05, 0.1) is 11.9 Å². The molecule has 0 radical (unpaired) electrons. The number of nitrogens with zero attached hydrogens (tertiary/aromatic N) is 3. The van der Waals surface area contributed by atoms with Crippen LogP contribution < -0.4 is 0 Å². The average molecular weight is 324 g/mol. The second-order valence-electron chi connectivity index (χ2n) is 4.38. The first-order chi connectivity index (χ1) is 9.27. The number of alkyl halides is 1. The van der Waals surface area contributed by atoms with E-state index in [9.17, 15) is 0 Å². The molecule has 0 bridgehead atoms. The summed E-state index contributed by atoms with van der Waals surface area (Å²) in [7, 11) is 1.71. The number of methoxy groups -OCH3 is 1. The highest BCUT2D eigenvalue weighted by atomic mass is 79.9. The quantitative estimate of drug-likeness (QED) is 0.767. The summed E-state index contributed by atoms with van der Waals surface area (Å²) >= 11 is 3.45. The van der Waals surface area contributed by atoms with Crippen molar-refractivity contribution in [2.24, 2.45) is 0 Å². The summed E-state index contributed by atoms with van der Waals surface area (Å²) in [5, 5.41) is 9.29. The molecule has 0 saturated carbocycles. The maximum absolute atomic E-state index is 5.16. The Morgan fingerprint density at radius 2 is 2.00 bits per heavy atom. The van der Waals surface area contributed by atoms with E-state index < -0.39 is 0 Å². The normalized spacial score (nSPS) is 12.6. The Morgan fingerprint density at radius 3 is 2.63 bits per heavy atom. The van der Waals surface area contributed by atoms with Crippen molar-refractivity contribution < 1.29 is 4.74 Å². The molecule has 0 aliphatic heterocycles. The Bertz CT molecular complexity index is 513. The predicted molar refractivity (Wildman–Crippen MR) is 78.5 cm³/mol. The van der Waals surface area contributed by atoms with E-state index in [0.29, 0.717) is 11.9 Å². The largest absolute Gasteiger partial charge is 0.383 e.